The maximum absolute atomic E-state index is 5.50. The maximum Gasteiger partial charge on any atom is 0.203 e. The second-order valence-electron chi connectivity index (χ2n) is 5.29. The normalized spacial score (nSPS) is 10.3. The quantitative estimate of drug-likeness (QED) is 0.752. The third kappa shape index (κ3) is 4.28. The summed E-state index contributed by atoms with van der Waals surface area (Å²) in [5, 5.41) is 3.40. The van der Waals surface area contributed by atoms with Crippen molar-refractivity contribution in [2.24, 2.45) is 0 Å². The number of hydrogen-bond donors (Lipinski definition) is 1. The molecule has 0 aliphatic heterocycles. The van der Waals surface area contributed by atoms with Crippen molar-refractivity contribution >= 4 is 0 Å². The second-order valence-corrected chi connectivity index (χ2v) is 5.29. The number of nitrogens with one attached hydrogen (secondary N) is 1. The summed E-state index contributed by atoms with van der Waals surface area (Å²) in [6.45, 7) is 1.30. The Hall–Kier alpha value is -2.60. The molecule has 25 heavy (non-hydrogen) atoms. The first-order valence-corrected chi connectivity index (χ1v) is 7.87. The monoisotopic (exact) mass is 347 g/mol. The Bertz CT molecular complexity index is 702. The van der Waals surface area contributed by atoms with E-state index >= 15 is 0 Å². The molecule has 0 heterocycles. The van der Waals surface area contributed by atoms with Gasteiger partial charge in [0.15, 0.2) is 23.0 Å². The van der Waals surface area contributed by atoms with Gasteiger partial charge in [-0.05, 0) is 23.8 Å². The van der Waals surface area contributed by atoms with Gasteiger partial charge in [0.05, 0.1) is 35.5 Å². The smallest absolute Gasteiger partial charge is 0.203 e. The van der Waals surface area contributed by atoms with Crippen molar-refractivity contribution in [2.45, 2.75) is 13.1 Å². The fourth-order valence-corrected chi connectivity index (χ4v) is 2.63. The topological polar surface area (TPSA) is 58.2 Å². The highest BCUT2D eigenvalue weighted by molar-refractivity contribution is 5.55. The maximum atomic E-state index is 5.50. The van der Waals surface area contributed by atoms with Crippen molar-refractivity contribution in [3.05, 3.63) is 41.5 Å². The van der Waals surface area contributed by atoms with Gasteiger partial charge in [-0.15, -0.1) is 0 Å². The SMILES string of the molecule is COc1ccc(CNCc2ccc(OC)c(OC)c2OC)cc1OC. The van der Waals surface area contributed by atoms with E-state index in [1.54, 1.807) is 35.5 Å². The van der Waals surface area contributed by atoms with Gasteiger partial charge in [-0.25, -0.2) is 0 Å². The minimum atomic E-state index is 0.593. The number of ether oxygens (including phenoxy) is 5. The Morgan fingerprint density at radius 1 is 0.640 bits per heavy atom. The van der Waals surface area contributed by atoms with E-state index in [4.69, 9.17) is 23.7 Å². The summed E-state index contributed by atoms with van der Waals surface area (Å²) in [5.41, 5.74) is 2.08. The second kappa shape index (κ2) is 9.03. The molecule has 0 amide bonds. The Balaban J connectivity index is 2.09. The first-order chi connectivity index (χ1) is 12.2. The predicted molar refractivity (Wildman–Crippen MR) is 96.2 cm³/mol. The molecule has 0 fully saturated rings. The Kier molecular flexibility index (Phi) is 6.77. The highest BCUT2D eigenvalue weighted by Crippen LogP contribution is 2.39. The number of benzene rings is 2. The van der Waals surface area contributed by atoms with Gasteiger partial charge in [0, 0.05) is 18.7 Å². The van der Waals surface area contributed by atoms with Crippen molar-refractivity contribution < 1.29 is 23.7 Å². The predicted octanol–water partition coefficient (Wildman–Crippen LogP) is 3.02. The van der Waals surface area contributed by atoms with Crippen LogP contribution in [0.4, 0.5) is 0 Å². The summed E-state index contributed by atoms with van der Waals surface area (Å²) in [4.78, 5) is 0. The van der Waals surface area contributed by atoms with Gasteiger partial charge < -0.3 is 29.0 Å². The van der Waals surface area contributed by atoms with E-state index in [0.717, 1.165) is 11.1 Å². The fourth-order valence-electron chi connectivity index (χ4n) is 2.63. The van der Waals surface area contributed by atoms with Gasteiger partial charge in [-0.1, -0.05) is 12.1 Å². The largest absolute Gasteiger partial charge is 0.493 e. The van der Waals surface area contributed by atoms with Gasteiger partial charge >= 0.3 is 0 Å². The van der Waals surface area contributed by atoms with Crippen LogP contribution in [0.15, 0.2) is 30.3 Å². The molecule has 136 valence electrons. The van der Waals surface area contributed by atoms with E-state index in [1.807, 2.05) is 30.3 Å². The van der Waals surface area contributed by atoms with Crippen molar-refractivity contribution in [3.8, 4) is 28.7 Å². The van der Waals surface area contributed by atoms with Crippen molar-refractivity contribution in [1.29, 1.82) is 0 Å². The molecule has 0 aliphatic rings. The van der Waals surface area contributed by atoms with Crippen LogP contribution in [0.1, 0.15) is 11.1 Å². The van der Waals surface area contributed by atoms with Crippen LogP contribution in [-0.2, 0) is 13.1 Å². The van der Waals surface area contributed by atoms with Crippen molar-refractivity contribution in [3.63, 3.8) is 0 Å². The lowest BCUT2D eigenvalue weighted by molar-refractivity contribution is 0.321. The molecule has 0 saturated heterocycles. The molecule has 2 aromatic rings. The van der Waals surface area contributed by atoms with Crippen molar-refractivity contribution in [2.75, 3.05) is 35.5 Å². The summed E-state index contributed by atoms with van der Waals surface area (Å²) in [6.07, 6.45) is 0. The zero-order valence-electron chi connectivity index (χ0n) is 15.3. The summed E-state index contributed by atoms with van der Waals surface area (Å²) in [6, 6.07) is 9.68. The molecule has 1 N–H and O–H groups in total. The average molecular weight is 347 g/mol. The molecule has 0 saturated carbocycles. The molecular formula is C19H25NO5. The molecule has 2 aromatic carbocycles. The highest BCUT2D eigenvalue weighted by atomic mass is 16.5. The van der Waals surface area contributed by atoms with Crippen LogP contribution in [0.5, 0.6) is 28.7 Å². The van der Waals surface area contributed by atoms with Crippen LogP contribution < -0.4 is 29.0 Å². The Morgan fingerprint density at radius 3 is 1.88 bits per heavy atom. The van der Waals surface area contributed by atoms with Crippen LogP contribution in [0.2, 0.25) is 0 Å². The number of hydrogen-bond acceptors (Lipinski definition) is 6. The fraction of sp³-hybridized carbons (Fsp3) is 0.368. The standard InChI is InChI=1S/C19H25NO5/c1-21-15-8-6-13(10-17(15)23-3)11-20-12-14-7-9-16(22-2)19(25-5)18(14)24-4/h6-10,20H,11-12H2,1-5H3. The van der Waals surface area contributed by atoms with Crippen LogP contribution in [0.3, 0.4) is 0 Å². The van der Waals surface area contributed by atoms with E-state index in [0.29, 0.717) is 41.8 Å². The molecule has 0 unspecified atom stereocenters. The molecule has 0 spiro atoms. The van der Waals surface area contributed by atoms with Crippen LogP contribution in [0.25, 0.3) is 0 Å². The number of rotatable bonds is 9. The lowest BCUT2D eigenvalue weighted by atomic mass is 10.1. The Labute approximate surface area is 148 Å². The Morgan fingerprint density at radius 2 is 1.28 bits per heavy atom. The summed E-state index contributed by atoms with van der Waals surface area (Å²) in [5.74, 6) is 3.33. The van der Waals surface area contributed by atoms with E-state index in [2.05, 4.69) is 5.32 Å². The molecule has 0 aromatic heterocycles. The van der Waals surface area contributed by atoms with E-state index in [9.17, 15) is 0 Å². The lowest BCUT2D eigenvalue weighted by Gasteiger charge is -2.16. The van der Waals surface area contributed by atoms with Gasteiger partial charge in [0.25, 0.3) is 0 Å². The third-order valence-electron chi connectivity index (χ3n) is 3.88. The van der Waals surface area contributed by atoms with E-state index < -0.39 is 0 Å². The van der Waals surface area contributed by atoms with Crippen LogP contribution in [0, 0.1) is 0 Å². The molecule has 0 bridgehead atoms. The average Bonchev–Trinajstić information content (AvgIpc) is 2.66. The van der Waals surface area contributed by atoms with Crippen LogP contribution >= 0.6 is 0 Å². The molecule has 0 aliphatic carbocycles. The first-order valence-electron chi connectivity index (χ1n) is 7.87. The third-order valence-corrected chi connectivity index (χ3v) is 3.88. The molecular weight excluding hydrogens is 322 g/mol. The molecule has 6 nitrogen and oxygen atoms in total. The van der Waals surface area contributed by atoms with Gasteiger partial charge in [-0.3, -0.25) is 0 Å². The molecule has 0 radical (unpaired) electrons. The molecule has 6 heteroatoms. The van der Waals surface area contributed by atoms with E-state index in [1.165, 1.54) is 0 Å². The zero-order valence-corrected chi connectivity index (χ0v) is 15.3. The summed E-state index contributed by atoms with van der Waals surface area (Å²) in [7, 11) is 8.07. The van der Waals surface area contributed by atoms with Crippen LogP contribution in [-0.4, -0.2) is 35.5 Å². The summed E-state index contributed by atoms with van der Waals surface area (Å²) >= 11 is 0. The zero-order chi connectivity index (χ0) is 18.2. The summed E-state index contributed by atoms with van der Waals surface area (Å²) < 4.78 is 26.8. The molecule has 2 rings (SSSR count). The molecule has 0 atom stereocenters. The van der Waals surface area contributed by atoms with Gasteiger partial charge in [0.1, 0.15) is 0 Å². The number of methoxy groups -OCH3 is 5. The van der Waals surface area contributed by atoms with Gasteiger partial charge in [0.2, 0.25) is 5.75 Å². The van der Waals surface area contributed by atoms with E-state index in [-0.39, 0.29) is 0 Å². The van der Waals surface area contributed by atoms with Crippen molar-refractivity contribution in [1.82, 2.24) is 5.32 Å². The minimum absolute atomic E-state index is 0.593. The lowest BCUT2D eigenvalue weighted by Crippen LogP contribution is -2.14. The minimum Gasteiger partial charge on any atom is -0.493 e. The van der Waals surface area contributed by atoms with Gasteiger partial charge in [-0.2, -0.15) is 0 Å². The highest BCUT2D eigenvalue weighted by Gasteiger charge is 2.15. The first kappa shape index (κ1) is 18.7.